The first kappa shape index (κ1) is 52.2. The summed E-state index contributed by atoms with van der Waals surface area (Å²) in [4.78, 5) is 111. The third-order valence-electron chi connectivity index (χ3n) is 9.05. The average molecular weight is 884 g/mol. The summed E-state index contributed by atoms with van der Waals surface area (Å²) in [6.07, 6.45) is -10.7. The number of rotatable bonds is 26. The second-order valence-electron chi connectivity index (χ2n) is 14.6. The van der Waals surface area contributed by atoms with Crippen LogP contribution in [0, 0.1) is 5.92 Å². The molecule has 0 aliphatic carbocycles. The number of Topliss-reactive ketones (excluding diaryl/α,β-unsaturated/α-hetero) is 1. The Morgan fingerprint density at radius 3 is 2.06 bits per heavy atom. The lowest BCUT2D eigenvalue weighted by molar-refractivity contribution is -0.271. The number of urea groups is 1. The van der Waals surface area contributed by atoms with Gasteiger partial charge in [-0.3, -0.25) is 33.6 Å². The number of hydrogen-bond donors (Lipinski definition) is 11. The van der Waals surface area contributed by atoms with Gasteiger partial charge in [-0.05, 0) is 49.8 Å². The van der Waals surface area contributed by atoms with Crippen molar-refractivity contribution in [2.75, 3.05) is 25.1 Å². The molecule has 0 spiro atoms. The van der Waals surface area contributed by atoms with Gasteiger partial charge >= 0.3 is 18.0 Å². The molecular formula is C38H57N7O17. The molecule has 1 aliphatic rings. The first-order chi connectivity index (χ1) is 29.1. The molecule has 24 heteroatoms. The Kier molecular flexibility index (Phi) is 21.7. The second-order valence-corrected chi connectivity index (χ2v) is 14.6. The van der Waals surface area contributed by atoms with Crippen molar-refractivity contribution < 1.29 is 82.5 Å². The Morgan fingerprint density at radius 2 is 1.47 bits per heavy atom. The van der Waals surface area contributed by atoms with E-state index in [1.807, 2.05) is 0 Å². The largest absolute Gasteiger partial charge is 0.479 e. The Balaban J connectivity index is 2.39. The van der Waals surface area contributed by atoms with E-state index in [1.165, 1.54) is 25.1 Å². The van der Waals surface area contributed by atoms with Crippen molar-refractivity contribution in [1.82, 2.24) is 21.3 Å². The topological polar surface area (TPSA) is 384 Å². The smallest absolute Gasteiger partial charge is 0.335 e. The van der Waals surface area contributed by atoms with Crippen molar-refractivity contribution in [3.05, 3.63) is 23.8 Å². The number of ether oxygens (including phenoxy) is 4. The molecule has 346 valence electrons. The van der Waals surface area contributed by atoms with E-state index in [2.05, 4.69) is 26.6 Å². The van der Waals surface area contributed by atoms with Crippen LogP contribution in [-0.2, 0) is 59.2 Å². The fourth-order valence-electron chi connectivity index (χ4n) is 5.68. The van der Waals surface area contributed by atoms with Crippen LogP contribution in [0.1, 0.15) is 71.8 Å². The molecule has 1 aliphatic heterocycles. The van der Waals surface area contributed by atoms with Crippen LogP contribution in [-0.4, -0.2) is 142 Å². The van der Waals surface area contributed by atoms with Crippen LogP contribution in [0.3, 0.4) is 0 Å². The van der Waals surface area contributed by atoms with Gasteiger partial charge in [-0.2, -0.15) is 0 Å². The number of hydrogen-bond acceptors (Lipinski definition) is 16. The van der Waals surface area contributed by atoms with Crippen LogP contribution >= 0.6 is 0 Å². The predicted molar refractivity (Wildman–Crippen MR) is 212 cm³/mol. The molecule has 0 unspecified atom stereocenters. The lowest BCUT2D eigenvalue weighted by Crippen LogP contribution is -2.61. The van der Waals surface area contributed by atoms with E-state index in [0.29, 0.717) is 0 Å². The molecule has 2 rings (SSSR count). The Labute approximate surface area is 356 Å². The lowest BCUT2D eigenvalue weighted by Gasteiger charge is -2.38. The van der Waals surface area contributed by atoms with Gasteiger partial charge in [0, 0.05) is 32.7 Å². The number of primary amides is 2. The minimum Gasteiger partial charge on any atom is -0.479 e. The highest BCUT2D eigenvalue weighted by atomic mass is 16.7. The van der Waals surface area contributed by atoms with E-state index in [4.69, 9.17) is 30.4 Å². The van der Waals surface area contributed by atoms with Gasteiger partial charge in [-0.15, -0.1) is 0 Å². The zero-order valence-corrected chi connectivity index (χ0v) is 34.8. The van der Waals surface area contributed by atoms with Gasteiger partial charge < -0.3 is 77.4 Å². The summed E-state index contributed by atoms with van der Waals surface area (Å²) >= 11 is 0. The highest BCUT2D eigenvalue weighted by Crippen LogP contribution is 2.31. The number of carbonyl (C=O) groups is 9. The molecule has 0 radical (unpaired) electrons. The fourth-order valence-corrected chi connectivity index (χ4v) is 5.68. The Morgan fingerprint density at radius 1 is 0.806 bits per heavy atom. The van der Waals surface area contributed by atoms with Gasteiger partial charge in [0.05, 0.1) is 18.9 Å². The zero-order valence-electron chi connectivity index (χ0n) is 34.8. The van der Waals surface area contributed by atoms with Crippen LogP contribution in [0.25, 0.3) is 0 Å². The molecule has 1 aromatic rings. The minimum absolute atomic E-state index is 0.0304. The third-order valence-corrected chi connectivity index (χ3v) is 9.05. The second kappa shape index (κ2) is 25.7. The van der Waals surface area contributed by atoms with E-state index < -0.39 is 102 Å². The molecule has 8 atom stereocenters. The number of carboxylic acids is 1. The monoisotopic (exact) mass is 883 g/mol. The first-order valence-corrected chi connectivity index (χ1v) is 19.6. The Hall–Kier alpha value is -5.95. The van der Waals surface area contributed by atoms with Gasteiger partial charge in [0.2, 0.25) is 35.8 Å². The van der Waals surface area contributed by atoms with E-state index in [1.54, 1.807) is 13.8 Å². The molecule has 1 saturated heterocycles. The van der Waals surface area contributed by atoms with Crippen molar-refractivity contribution in [3.8, 4) is 5.75 Å². The number of benzene rings is 1. The maximum Gasteiger partial charge on any atom is 0.335 e. The standard InChI is InChI=1S/C38H57N7O17/c1-18(2)28(45-34(54)24(9-10-26(39)48)42-27(49)12-15-59-14-11-19(3)46)35(55)44-23(6-5-13-41-38(40)58)33(53)43-22-8-7-21(17-60-20(4)47)16-25(22)61-37-31(52)29(50)30(51)32(62-37)36(56)57/h7-8,16,18,23-24,28-32,37,50-52H,5-6,9-15,17H2,1-4H3,(H2,39,48)(H,42,49)(H,43,53)(H,44,55)(H,45,54)(H,56,57)(H3,40,41,58)/t23-,24-,28-,29-,30-,31+,32-,37+/m0/s1. The number of aliphatic carboxylic acids is 1. The summed E-state index contributed by atoms with van der Waals surface area (Å²) in [7, 11) is 0. The molecule has 1 fully saturated rings. The number of nitrogens with one attached hydrogen (secondary N) is 5. The molecule has 62 heavy (non-hydrogen) atoms. The van der Waals surface area contributed by atoms with Crippen molar-refractivity contribution >= 4 is 59.0 Å². The summed E-state index contributed by atoms with van der Waals surface area (Å²) in [6.45, 7) is 5.39. The predicted octanol–water partition coefficient (Wildman–Crippen LogP) is -2.83. The van der Waals surface area contributed by atoms with Crippen molar-refractivity contribution in [2.45, 2.75) is 122 Å². The number of carboxylic acid groups (broad SMARTS) is 1. The van der Waals surface area contributed by atoms with Crippen molar-refractivity contribution in [3.63, 3.8) is 0 Å². The number of amides is 7. The summed E-state index contributed by atoms with van der Waals surface area (Å²) in [6, 6.07) is -1.01. The molecule has 1 heterocycles. The van der Waals surface area contributed by atoms with Crippen LogP contribution < -0.4 is 42.8 Å². The van der Waals surface area contributed by atoms with E-state index in [-0.39, 0.29) is 87.7 Å². The summed E-state index contributed by atoms with van der Waals surface area (Å²) in [5.41, 5.74) is 10.6. The van der Waals surface area contributed by atoms with Crippen LogP contribution in [0.15, 0.2) is 18.2 Å². The van der Waals surface area contributed by atoms with Crippen LogP contribution in [0.5, 0.6) is 5.75 Å². The summed E-state index contributed by atoms with van der Waals surface area (Å²) in [5.74, 6) is -7.40. The van der Waals surface area contributed by atoms with Crippen molar-refractivity contribution in [2.24, 2.45) is 17.4 Å². The van der Waals surface area contributed by atoms with E-state index in [0.717, 1.165) is 6.92 Å². The maximum absolute atomic E-state index is 14.0. The van der Waals surface area contributed by atoms with Gasteiger partial charge in [0.15, 0.2) is 6.10 Å². The van der Waals surface area contributed by atoms with E-state index >= 15 is 0 Å². The highest BCUT2D eigenvalue weighted by molar-refractivity contribution is 6.00. The quantitative estimate of drug-likeness (QED) is 0.0330. The highest BCUT2D eigenvalue weighted by Gasteiger charge is 2.48. The number of nitrogens with two attached hydrogens (primary N) is 2. The van der Waals surface area contributed by atoms with Gasteiger partial charge in [0.1, 0.15) is 54.6 Å². The normalized spacial score (nSPS) is 19.8. The third kappa shape index (κ3) is 18.0. The number of esters is 1. The lowest BCUT2D eigenvalue weighted by atomic mass is 9.99. The molecule has 0 aromatic heterocycles. The van der Waals surface area contributed by atoms with Crippen LogP contribution in [0.2, 0.25) is 0 Å². The molecule has 13 N–H and O–H groups in total. The molecule has 0 bridgehead atoms. The molecular weight excluding hydrogens is 826 g/mol. The SMILES string of the molecule is CC(=O)CCOCCC(=O)N[C@@H](CCC(N)=O)C(=O)N[C@H](C(=O)N[C@@H](CCCNC(N)=O)C(=O)Nc1ccc(COC(C)=O)cc1O[C@@H]1O[C@H](C(=O)O)[C@@H](O)[C@H](O)[C@H]1O)C(C)C. The number of carbonyl (C=O) groups excluding carboxylic acids is 8. The molecule has 0 saturated carbocycles. The first-order valence-electron chi connectivity index (χ1n) is 19.6. The summed E-state index contributed by atoms with van der Waals surface area (Å²) < 4.78 is 21.3. The number of aliphatic hydroxyl groups is 3. The van der Waals surface area contributed by atoms with Crippen LogP contribution in [0.4, 0.5) is 10.5 Å². The Bertz CT molecular complexity index is 1760. The number of anilines is 1. The molecule has 24 nitrogen and oxygen atoms in total. The maximum atomic E-state index is 14.0. The van der Waals surface area contributed by atoms with Crippen molar-refractivity contribution in [1.29, 1.82) is 0 Å². The van der Waals surface area contributed by atoms with Gasteiger partial charge in [-0.25, -0.2) is 9.59 Å². The molecule has 1 aromatic carbocycles. The number of ketones is 1. The molecule has 7 amide bonds. The van der Waals surface area contributed by atoms with Gasteiger partial charge in [0.25, 0.3) is 0 Å². The summed E-state index contributed by atoms with van der Waals surface area (Å²) in [5, 5.41) is 53.1. The fraction of sp³-hybridized carbons (Fsp3) is 0.605. The average Bonchev–Trinajstić information content (AvgIpc) is 3.18. The number of aliphatic hydroxyl groups excluding tert-OH is 3. The van der Waals surface area contributed by atoms with Gasteiger partial charge in [-0.1, -0.05) is 19.9 Å². The zero-order chi connectivity index (χ0) is 46.7. The minimum atomic E-state index is -2.04. The van der Waals surface area contributed by atoms with E-state index in [9.17, 15) is 63.6 Å².